The summed E-state index contributed by atoms with van der Waals surface area (Å²) in [6.45, 7) is 6.99. The first-order valence-electron chi connectivity index (χ1n) is 11.2. The summed E-state index contributed by atoms with van der Waals surface area (Å²) >= 11 is 0. The Bertz CT molecular complexity index is 1010. The van der Waals surface area contributed by atoms with E-state index in [1.165, 1.54) is 29.5 Å². The topological polar surface area (TPSA) is 58.4 Å². The number of oxazole rings is 1. The molecule has 2 aromatic carbocycles. The number of carbonyl (C=O) groups excluding carboxylic acids is 1. The first-order valence-corrected chi connectivity index (χ1v) is 11.2. The van der Waals surface area contributed by atoms with Gasteiger partial charge in [-0.05, 0) is 62.5 Å². The number of nitrogens with zero attached hydrogens (tertiary/aromatic N) is 2. The Hall–Kier alpha value is -2.92. The molecule has 1 atom stereocenters. The van der Waals surface area contributed by atoms with Gasteiger partial charge < -0.3 is 9.73 Å². The molecular weight excluding hydrogens is 386 g/mol. The van der Waals surface area contributed by atoms with E-state index in [9.17, 15) is 4.79 Å². The molecule has 1 aliphatic rings. The van der Waals surface area contributed by atoms with Crippen molar-refractivity contribution in [2.24, 2.45) is 0 Å². The van der Waals surface area contributed by atoms with Crippen molar-refractivity contribution in [3.63, 3.8) is 0 Å². The lowest BCUT2D eigenvalue weighted by Crippen LogP contribution is -2.36. The highest BCUT2D eigenvalue weighted by molar-refractivity contribution is 5.76. The average molecular weight is 418 g/mol. The van der Waals surface area contributed by atoms with Gasteiger partial charge in [-0.3, -0.25) is 9.69 Å². The van der Waals surface area contributed by atoms with Crippen LogP contribution >= 0.6 is 0 Å². The van der Waals surface area contributed by atoms with Gasteiger partial charge in [0.15, 0.2) is 11.7 Å². The summed E-state index contributed by atoms with van der Waals surface area (Å²) < 4.78 is 5.89. The molecule has 0 unspecified atom stereocenters. The van der Waals surface area contributed by atoms with Gasteiger partial charge in [-0.25, -0.2) is 4.98 Å². The summed E-state index contributed by atoms with van der Waals surface area (Å²) in [6, 6.07) is 16.9. The number of likely N-dealkylation sites (tertiary alicyclic amines) is 1. The third kappa shape index (κ3) is 5.42. The average Bonchev–Trinajstić information content (AvgIpc) is 3.48. The van der Waals surface area contributed by atoms with E-state index >= 15 is 0 Å². The van der Waals surface area contributed by atoms with Gasteiger partial charge in [-0.1, -0.05) is 42.5 Å². The molecule has 3 aromatic rings. The number of carbonyl (C=O) groups is 1. The Morgan fingerprint density at radius 3 is 2.61 bits per heavy atom. The fraction of sp³-hybridized carbons (Fsp3) is 0.385. The van der Waals surface area contributed by atoms with Crippen molar-refractivity contribution in [2.45, 2.75) is 45.6 Å². The molecule has 4 rings (SSSR count). The van der Waals surface area contributed by atoms with Crippen molar-refractivity contribution in [1.29, 1.82) is 0 Å². The molecule has 1 N–H and O–H groups in total. The molecule has 162 valence electrons. The second-order valence-corrected chi connectivity index (χ2v) is 8.39. The van der Waals surface area contributed by atoms with Crippen LogP contribution in [-0.4, -0.2) is 35.4 Å². The molecule has 1 fully saturated rings. The summed E-state index contributed by atoms with van der Waals surface area (Å²) in [5.74, 6) is 1.38. The van der Waals surface area contributed by atoms with Gasteiger partial charge in [0.05, 0.1) is 12.2 Å². The predicted molar refractivity (Wildman–Crippen MR) is 123 cm³/mol. The number of amides is 1. The fourth-order valence-electron chi connectivity index (χ4n) is 4.16. The Kier molecular flexibility index (Phi) is 6.82. The van der Waals surface area contributed by atoms with Crippen molar-refractivity contribution in [3.05, 3.63) is 77.3 Å². The van der Waals surface area contributed by atoms with Crippen LogP contribution in [0.5, 0.6) is 0 Å². The quantitative estimate of drug-likeness (QED) is 0.570. The molecule has 0 radical (unpaired) electrons. The Morgan fingerprint density at radius 2 is 1.87 bits per heavy atom. The number of aromatic nitrogens is 1. The van der Waals surface area contributed by atoms with Crippen molar-refractivity contribution < 1.29 is 9.21 Å². The minimum atomic E-state index is 0.0334. The molecule has 1 aromatic heterocycles. The number of aryl methyl sites for hydroxylation is 3. The van der Waals surface area contributed by atoms with Crippen molar-refractivity contribution in [2.75, 3.05) is 19.6 Å². The van der Waals surface area contributed by atoms with Crippen LogP contribution in [0.1, 0.15) is 47.9 Å². The lowest BCUT2D eigenvalue weighted by Gasteiger charge is -2.28. The molecule has 31 heavy (non-hydrogen) atoms. The van der Waals surface area contributed by atoms with E-state index in [2.05, 4.69) is 65.4 Å². The molecule has 5 heteroatoms. The number of hydrogen-bond donors (Lipinski definition) is 1. The van der Waals surface area contributed by atoms with Crippen LogP contribution in [0, 0.1) is 13.8 Å². The first-order chi connectivity index (χ1) is 15.1. The van der Waals surface area contributed by atoms with Crippen molar-refractivity contribution in [3.8, 4) is 11.3 Å². The molecule has 0 spiro atoms. The number of hydrogen-bond acceptors (Lipinski definition) is 4. The highest BCUT2D eigenvalue weighted by Gasteiger charge is 2.23. The zero-order valence-electron chi connectivity index (χ0n) is 18.4. The van der Waals surface area contributed by atoms with Crippen LogP contribution in [0.2, 0.25) is 0 Å². The lowest BCUT2D eigenvalue weighted by molar-refractivity contribution is -0.121. The standard InChI is InChI=1S/C26H31N3O2/c1-19-10-11-22(16-20(19)2)24-18-28-26(31-24)13-12-25(30)27-17-23(29-14-6-7-15-29)21-8-4-3-5-9-21/h3-5,8-11,16,18,23H,6-7,12-15,17H2,1-2H3,(H,27,30)/t23-/m0/s1. The van der Waals surface area contributed by atoms with Crippen LogP contribution in [0.25, 0.3) is 11.3 Å². The molecule has 1 amide bonds. The highest BCUT2D eigenvalue weighted by atomic mass is 16.4. The molecule has 0 bridgehead atoms. The molecule has 1 saturated heterocycles. The summed E-state index contributed by atoms with van der Waals surface area (Å²) in [5.41, 5.74) is 4.75. The largest absolute Gasteiger partial charge is 0.441 e. The van der Waals surface area contributed by atoms with Crippen LogP contribution < -0.4 is 5.32 Å². The van der Waals surface area contributed by atoms with Crippen molar-refractivity contribution in [1.82, 2.24) is 15.2 Å². The third-order valence-corrected chi connectivity index (χ3v) is 6.17. The fourth-order valence-corrected chi connectivity index (χ4v) is 4.16. The van der Waals surface area contributed by atoms with Crippen LogP contribution in [0.4, 0.5) is 0 Å². The van der Waals surface area contributed by atoms with E-state index in [0.29, 0.717) is 25.3 Å². The summed E-state index contributed by atoms with van der Waals surface area (Å²) in [7, 11) is 0. The van der Waals surface area contributed by atoms with Crippen molar-refractivity contribution >= 4 is 5.91 Å². The second kappa shape index (κ2) is 9.92. The summed E-state index contributed by atoms with van der Waals surface area (Å²) in [6.07, 6.45) is 5.06. The van der Waals surface area contributed by atoms with Gasteiger partial charge in [0.1, 0.15) is 0 Å². The Balaban J connectivity index is 1.31. The van der Waals surface area contributed by atoms with E-state index in [1.807, 2.05) is 12.1 Å². The summed E-state index contributed by atoms with van der Waals surface area (Å²) in [5, 5.41) is 3.13. The Labute approximate surface area is 184 Å². The van der Waals surface area contributed by atoms with E-state index in [1.54, 1.807) is 6.20 Å². The maximum Gasteiger partial charge on any atom is 0.220 e. The van der Waals surface area contributed by atoms with Crippen LogP contribution in [0.3, 0.4) is 0 Å². The minimum Gasteiger partial charge on any atom is -0.441 e. The molecule has 0 saturated carbocycles. The smallest absolute Gasteiger partial charge is 0.220 e. The zero-order chi connectivity index (χ0) is 21.6. The maximum atomic E-state index is 12.5. The van der Waals surface area contributed by atoms with Gasteiger partial charge in [0.2, 0.25) is 5.91 Å². The molecule has 2 heterocycles. The predicted octanol–water partition coefficient (Wildman–Crippen LogP) is 4.84. The maximum absolute atomic E-state index is 12.5. The van der Waals surface area contributed by atoms with E-state index in [0.717, 1.165) is 24.4 Å². The van der Waals surface area contributed by atoms with E-state index in [-0.39, 0.29) is 11.9 Å². The first kappa shape index (κ1) is 21.3. The zero-order valence-corrected chi connectivity index (χ0v) is 18.4. The number of nitrogens with one attached hydrogen (secondary N) is 1. The second-order valence-electron chi connectivity index (χ2n) is 8.39. The van der Waals surface area contributed by atoms with Gasteiger partial charge in [0.25, 0.3) is 0 Å². The number of benzene rings is 2. The van der Waals surface area contributed by atoms with E-state index in [4.69, 9.17) is 4.42 Å². The number of rotatable bonds is 8. The SMILES string of the molecule is Cc1ccc(-c2cnc(CCC(=O)NC[C@@H](c3ccccc3)N3CCCC3)o2)cc1C. The molecule has 0 aliphatic carbocycles. The van der Waals surface area contributed by atoms with E-state index < -0.39 is 0 Å². The van der Waals surface area contributed by atoms with Gasteiger partial charge >= 0.3 is 0 Å². The highest BCUT2D eigenvalue weighted by Crippen LogP contribution is 2.25. The van der Waals surface area contributed by atoms with Crippen LogP contribution in [-0.2, 0) is 11.2 Å². The molecule has 1 aliphatic heterocycles. The monoisotopic (exact) mass is 417 g/mol. The van der Waals surface area contributed by atoms with Crippen LogP contribution in [0.15, 0.2) is 59.1 Å². The summed E-state index contributed by atoms with van der Waals surface area (Å²) in [4.78, 5) is 19.4. The lowest BCUT2D eigenvalue weighted by atomic mass is 10.1. The van der Waals surface area contributed by atoms with Gasteiger partial charge in [-0.15, -0.1) is 0 Å². The normalized spacial score (nSPS) is 15.2. The molecular formula is C26H31N3O2. The van der Waals surface area contributed by atoms with Gasteiger partial charge in [0, 0.05) is 24.9 Å². The third-order valence-electron chi connectivity index (χ3n) is 6.17. The molecule has 5 nitrogen and oxygen atoms in total. The Morgan fingerprint density at radius 1 is 1.10 bits per heavy atom. The minimum absolute atomic E-state index is 0.0334. The van der Waals surface area contributed by atoms with Gasteiger partial charge in [-0.2, -0.15) is 0 Å².